The molecule has 0 radical (unpaired) electrons. The number of benzene rings is 9. The third-order valence-corrected chi connectivity index (χ3v) is 11.2. The molecule has 10 aromatic rings. The number of hydrogen-bond donors (Lipinski definition) is 0. The van der Waals surface area contributed by atoms with Crippen LogP contribution in [0.5, 0.6) is 0 Å². The molecule has 0 saturated heterocycles. The summed E-state index contributed by atoms with van der Waals surface area (Å²) in [5.74, 6) is 0. The lowest BCUT2D eigenvalue weighted by Gasteiger charge is -2.18. The fourth-order valence-corrected chi connectivity index (χ4v) is 8.61. The van der Waals surface area contributed by atoms with Crippen molar-refractivity contribution >= 4 is 65.8 Å². The van der Waals surface area contributed by atoms with Crippen molar-refractivity contribution in [3.8, 4) is 44.6 Å². The SMILES string of the molecule is C1=CC=CC=c2ccc3ccc(-c4ccc5cc(-c6c7ccccc7c(-c7ccc(-c8cccc9ccccc89)cc7)c7ccccc67)ccc5c4)nc3c2=1. The van der Waals surface area contributed by atoms with Crippen LogP contribution in [-0.4, -0.2) is 4.98 Å². The molecule has 1 aliphatic rings. The third-order valence-electron chi connectivity index (χ3n) is 11.2. The summed E-state index contributed by atoms with van der Waals surface area (Å²) in [4.78, 5) is 5.18. The molecule has 0 amide bonds. The van der Waals surface area contributed by atoms with E-state index in [1.54, 1.807) is 0 Å². The van der Waals surface area contributed by atoms with Gasteiger partial charge in [-0.15, -0.1) is 5.73 Å². The average Bonchev–Trinajstić information content (AvgIpc) is 3.51. The van der Waals surface area contributed by atoms with Crippen LogP contribution in [0.15, 0.2) is 194 Å². The van der Waals surface area contributed by atoms with E-state index in [4.69, 9.17) is 4.98 Å². The van der Waals surface area contributed by atoms with Crippen molar-refractivity contribution in [1.82, 2.24) is 4.98 Å². The first kappa shape index (κ1) is 31.2. The van der Waals surface area contributed by atoms with Crippen LogP contribution in [0.2, 0.25) is 0 Å². The summed E-state index contributed by atoms with van der Waals surface area (Å²) in [6.07, 6.45) is 8.16. The Morgan fingerprint density at radius 1 is 0.382 bits per heavy atom. The minimum absolute atomic E-state index is 0.962. The number of nitrogens with zero attached hydrogens (tertiary/aromatic N) is 1. The van der Waals surface area contributed by atoms with Gasteiger partial charge in [0.05, 0.1) is 11.2 Å². The lowest BCUT2D eigenvalue weighted by Crippen LogP contribution is -2.24. The fraction of sp³-hybridized carbons (Fsp3) is 0. The average molecular weight is 696 g/mol. The van der Waals surface area contributed by atoms with Gasteiger partial charge in [0.1, 0.15) is 0 Å². The highest BCUT2D eigenvalue weighted by atomic mass is 14.7. The van der Waals surface area contributed by atoms with Crippen LogP contribution in [-0.2, 0) is 0 Å². The molecule has 0 spiro atoms. The largest absolute Gasteiger partial charge is 0.246 e. The Bertz CT molecular complexity index is 3330. The van der Waals surface area contributed by atoms with Gasteiger partial charge >= 0.3 is 0 Å². The zero-order valence-corrected chi connectivity index (χ0v) is 30.0. The molecule has 0 bridgehead atoms. The molecule has 0 atom stereocenters. The molecule has 55 heavy (non-hydrogen) atoms. The molecule has 0 aliphatic heterocycles. The maximum absolute atomic E-state index is 5.18. The van der Waals surface area contributed by atoms with Gasteiger partial charge < -0.3 is 0 Å². The minimum atomic E-state index is 0.962. The van der Waals surface area contributed by atoms with Gasteiger partial charge in [0.2, 0.25) is 0 Å². The molecule has 0 unspecified atom stereocenters. The molecule has 1 heteroatoms. The molecule has 0 saturated carbocycles. The Kier molecular flexibility index (Phi) is 7.20. The molecule has 11 rings (SSSR count). The maximum Gasteiger partial charge on any atom is 0.0865 e. The van der Waals surface area contributed by atoms with Gasteiger partial charge in [0.25, 0.3) is 0 Å². The van der Waals surface area contributed by atoms with E-state index in [1.165, 1.54) is 76.5 Å². The van der Waals surface area contributed by atoms with Crippen molar-refractivity contribution in [3.63, 3.8) is 0 Å². The first-order valence-electron chi connectivity index (χ1n) is 18.9. The molecule has 1 aliphatic carbocycles. The lowest BCUT2D eigenvalue weighted by molar-refractivity contribution is 1.38. The molecule has 1 aromatic heterocycles. The van der Waals surface area contributed by atoms with Crippen LogP contribution < -0.4 is 10.4 Å². The predicted molar refractivity (Wildman–Crippen MR) is 234 cm³/mol. The highest BCUT2D eigenvalue weighted by molar-refractivity contribution is 6.21. The Morgan fingerprint density at radius 2 is 0.945 bits per heavy atom. The summed E-state index contributed by atoms with van der Waals surface area (Å²) in [7, 11) is 0. The number of pyridine rings is 1. The fourth-order valence-electron chi connectivity index (χ4n) is 8.61. The van der Waals surface area contributed by atoms with Crippen LogP contribution in [0.1, 0.15) is 0 Å². The van der Waals surface area contributed by atoms with Gasteiger partial charge in [-0.2, -0.15) is 0 Å². The Hall–Kier alpha value is -7.31. The predicted octanol–water partition coefficient (Wildman–Crippen LogP) is 12.8. The van der Waals surface area contributed by atoms with Crippen molar-refractivity contribution in [3.05, 3.63) is 205 Å². The zero-order valence-electron chi connectivity index (χ0n) is 30.0. The Balaban J connectivity index is 1.03. The molecular weight excluding hydrogens is 663 g/mol. The quantitative estimate of drug-likeness (QED) is 0.167. The second kappa shape index (κ2) is 12.7. The van der Waals surface area contributed by atoms with Gasteiger partial charge in [-0.3, -0.25) is 0 Å². The summed E-state index contributed by atoms with van der Waals surface area (Å²) in [6.45, 7) is 0. The number of aromatic nitrogens is 1. The topological polar surface area (TPSA) is 12.9 Å². The third kappa shape index (κ3) is 5.22. The van der Waals surface area contributed by atoms with Gasteiger partial charge in [-0.25, -0.2) is 4.98 Å². The second-order valence-electron chi connectivity index (χ2n) is 14.4. The highest BCUT2D eigenvalue weighted by Gasteiger charge is 2.17. The van der Waals surface area contributed by atoms with E-state index < -0.39 is 0 Å². The van der Waals surface area contributed by atoms with Gasteiger partial charge in [-0.1, -0.05) is 176 Å². The summed E-state index contributed by atoms with van der Waals surface area (Å²) in [5.41, 5.74) is 13.9. The molecule has 0 N–H and O–H groups in total. The van der Waals surface area contributed by atoms with E-state index in [2.05, 4.69) is 194 Å². The highest BCUT2D eigenvalue weighted by Crippen LogP contribution is 2.44. The van der Waals surface area contributed by atoms with Crippen molar-refractivity contribution in [2.75, 3.05) is 0 Å². The van der Waals surface area contributed by atoms with Crippen molar-refractivity contribution < 1.29 is 0 Å². The second-order valence-corrected chi connectivity index (χ2v) is 14.4. The summed E-state index contributed by atoms with van der Waals surface area (Å²) in [6, 6.07) is 64.3. The van der Waals surface area contributed by atoms with E-state index in [0.29, 0.717) is 0 Å². The van der Waals surface area contributed by atoms with Crippen LogP contribution in [0, 0.1) is 0 Å². The molecular formula is C54H33N. The summed E-state index contributed by atoms with van der Waals surface area (Å²) < 4.78 is 0. The summed E-state index contributed by atoms with van der Waals surface area (Å²) >= 11 is 0. The van der Waals surface area contributed by atoms with Gasteiger partial charge in [-0.05, 0) is 106 Å². The van der Waals surface area contributed by atoms with E-state index in [0.717, 1.165) is 32.6 Å². The first-order valence-corrected chi connectivity index (χ1v) is 18.9. The van der Waals surface area contributed by atoms with Gasteiger partial charge in [0.15, 0.2) is 0 Å². The van der Waals surface area contributed by atoms with Crippen LogP contribution in [0.3, 0.4) is 0 Å². The van der Waals surface area contributed by atoms with E-state index in [9.17, 15) is 0 Å². The molecule has 0 fully saturated rings. The molecule has 9 aromatic carbocycles. The zero-order chi connectivity index (χ0) is 36.3. The smallest absolute Gasteiger partial charge is 0.0865 e. The van der Waals surface area contributed by atoms with Crippen molar-refractivity contribution in [2.24, 2.45) is 0 Å². The van der Waals surface area contributed by atoms with Crippen LogP contribution in [0.25, 0.3) is 110 Å². The van der Waals surface area contributed by atoms with Crippen molar-refractivity contribution in [1.29, 1.82) is 0 Å². The maximum atomic E-state index is 5.18. The monoisotopic (exact) mass is 695 g/mol. The lowest BCUT2D eigenvalue weighted by atomic mass is 9.85. The van der Waals surface area contributed by atoms with Crippen LogP contribution >= 0.6 is 0 Å². The first-order chi connectivity index (χ1) is 27.3. The molecule has 1 heterocycles. The summed E-state index contributed by atoms with van der Waals surface area (Å²) in [5, 5.41) is 13.2. The minimum Gasteiger partial charge on any atom is -0.246 e. The van der Waals surface area contributed by atoms with E-state index in [1.807, 2.05) is 12.2 Å². The van der Waals surface area contributed by atoms with E-state index in [-0.39, 0.29) is 0 Å². The number of allylic oxidation sites excluding steroid dienone is 3. The van der Waals surface area contributed by atoms with Crippen LogP contribution in [0.4, 0.5) is 0 Å². The Morgan fingerprint density at radius 3 is 1.69 bits per heavy atom. The standard InChI is InChI=1S/C54H33N/c1-2-11-36-23-26-39-31-32-51(55-54(39)46(36)15-3-1)42-29-27-41-34-43(30-28-40(41)33-42)53-49-18-8-6-16-47(49)52(48-17-7-9-19-50(48)53)38-24-21-37(22-25-38)45-20-10-13-35-12-4-5-14-44(35)45/h1-14,16-34H. The number of hydrogen-bond acceptors (Lipinski definition) is 1. The molecule has 1 nitrogen and oxygen atoms in total. The number of rotatable bonds is 4. The Labute approximate surface area is 318 Å². The number of fused-ring (bicyclic) bond motifs is 7. The van der Waals surface area contributed by atoms with E-state index >= 15 is 0 Å². The van der Waals surface area contributed by atoms with Crippen molar-refractivity contribution in [2.45, 2.75) is 0 Å². The normalized spacial score (nSPS) is 12.2. The molecule has 254 valence electrons. The van der Waals surface area contributed by atoms with Gasteiger partial charge in [0, 0.05) is 16.2 Å².